The quantitative estimate of drug-likeness (QED) is 0.150. The van der Waals surface area contributed by atoms with Gasteiger partial charge in [0.15, 0.2) is 0 Å². The molecule has 2 aromatic heterocycles. The number of piperazine rings is 1. The molecule has 7 nitrogen and oxygen atoms in total. The predicted octanol–water partition coefficient (Wildman–Crippen LogP) is 7.07. The number of hydrogen-bond acceptors (Lipinski definition) is 5. The molecule has 10 heteroatoms. The first kappa shape index (κ1) is 35.2. The fourth-order valence-electron chi connectivity index (χ4n) is 6.16. The molecule has 0 aliphatic carbocycles. The van der Waals surface area contributed by atoms with Gasteiger partial charge in [0.2, 0.25) is 11.8 Å². The minimum atomic E-state index is -4.50. The van der Waals surface area contributed by atoms with Crippen LogP contribution in [-0.4, -0.2) is 57.8 Å². The van der Waals surface area contributed by atoms with Gasteiger partial charge in [0.25, 0.3) is 0 Å². The molecule has 3 aromatic carbocycles. The van der Waals surface area contributed by atoms with Crippen LogP contribution in [0.4, 0.5) is 13.2 Å². The molecule has 1 atom stereocenters. The Morgan fingerprint density at radius 2 is 1.47 bits per heavy atom. The van der Waals surface area contributed by atoms with Crippen molar-refractivity contribution in [2.45, 2.75) is 25.7 Å². The summed E-state index contributed by atoms with van der Waals surface area (Å²) in [7, 11) is 0. The van der Waals surface area contributed by atoms with Crippen LogP contribution in [0.5, 0.6) is 0 Å². The summed E-state index contributed by atoms with van der Waals surface area (Å²) in [6.07, 6.45) is 2.58. The van der Waals surface area contributed by atoms with Crippen molar-refractivity contribution in [1.82, 2.24) is 25.1 Å². The summed E-state index contributed by atoms with van der Waals surface area (Å²) >= 11 is 0. The molecule has 1 fully saturated rings. The molecule has 6 rings (SSSR count). The van der Waals surface area contributed by atoms with Crippen LogP contribution < -0.4 is 5.32 Å². The summed E-state index contributed by atoms with van der Waals surface area (Å²) in [5.74, 6) is -1.55. The standard InChI is InChI=1S/C41H38F3N5O2/c42-41(43,44)35-17-13-31(14-18-35)25-36(39(50)47-28-32-11-15-34(16-12-32)38-10-4-5-20-46-38)37(26-30-7-2-1-3-8-30)40(51)49-23-21-48(22-24-49)29-33-9-6-19-45-27-33/h1-20,25,27,37H,21-24,26,28-29H2,(H,47,50)/t37-/m0/s1. The fourth-order valence-corrected chi connectivity index (χ4v) is 6.16. The second-order valence-corrected chi connectivity index (χ2v) is 12.5. The zero-order chi connectivity index (χ0) is 35.6. The van der Waals surface area contributed by atoms with Crippen molar-refractivity contribution in [3.8, 4) is 11.3 Å². The van der Waals surface area contributed by atoms with Crippen LogP contribution in [0, 0.1) is 5.92 Å². The minimum Gasteiger partial charge on any atom is -0.348 e. The molecule has 0 saturated carbocycles. The maximum absolute atomic E-state index is 14.5. The number of amides is 2. The van der Waals surface area contributed by atoms with E-state index in [1.54, 1.807) is 23.4 Å². The summed E-state index contributed by atoms with van der Waals surface area (Å²) in [6, 6.07) is 31.3. The molecule has 0 radical (unpaired) electrons. The van der Waals surface area contributed by atoms with E-state index < -0.39 is 23.6 Å². The van der Waals surface area contributed by atoms with E-state index in [9.17, 15) is 22.8 Å². The van der Waals surface area contributed by atoms with Gasteiger partial charge >= 0.3 is 6.18 Å². The van der Waals surface area contributed by atoms with Crippen LogP contribution in [0.1, 0.15) is 27.8 Å². The number of carbonyl (C=O) groups excluding carboxylic acids is 2. The number of nitrogens with zero attached hydrogens (tertiary/aromatic N) is 4. The fraction of sp³-hybridized carbons (Fsp3) is 0.220. The number of aromatic nitrogens is 2. The molecule has 1 saturated heterocycles. The molecule has 1 N–H and O–H groups in total. The van der Waals surface area contributed by atoms with Gasteiger partial charge in [-0.2, -0.15) is 13.2 Å². The first-order chi connectivity index (χ1) is 24.7. The van der Waals surface area contributed by atoms with Gasteiger partial charge in [0, 0.05) is 69.0 Å². The lowest BCUT2D eigenvalue weighted by Gasteiger charge is -2.37. The average Bonchev–Trinajstić information content (AvgIpc) is 3.16. The van der Waals surface area contributed by atoms with Crippen molar-refractivity contribution < 1.29 is 22.8 Å². The number of nitrogens with one attached hydrogen (secondary N) is 1. The number of hydrogen-bond donors (Lipinski definition) is 1. The van der Waals surface area contributed by atoms with Gasteiger partial charge < -0.3 is 10.2 Å². The highest BCUT2D eigenvalue weighted by Gasteiger charge is 2.34. The predicted molar refractivity (Wildman–Crippen MR) is 191 cm³/mol. The monoisotopic (exact) mass is 689 g/mol. The summed E-state index contributed by atoms with van der Waals surface area (Å²) in [6.45, 7) is 3.15. The Hall–Kier alpha value is -5.61. The number of rotatable bonds is 11. The van der Waals surface area contributed by atoms with E-state index in [1.807, 2.05) is 91.1 Å². The number of benzene rings is 3. The lowest BCUT2D eigenvalue weighted by Crippen LogP contribution is -2.51. The molecule has 3 heterocycles. The Labute approximate surface area is 295 Å². The Kier molecular flexibility index (Phi) is 11.3. The highest BCUT2D eigenvalue weighted by atomic mass is 19.4. The van der Waals surface area contributed by atoms with Gasteiger partial charge in [-0.1, -0.05) is 78.9 Å². The van der Waals surface area contributed by atoms with Crippen molar-refractivity contribution >= 4 is 17.9 Å². The Morgan fingerprint density at radius 1 is 0.765 bits per heavy atom. The Morgan fingerprint density at radius 3 is 2.12 bits per heavy atom. The molecule has 51 heavy (non-hydrogen) atoms. The van der Waals surface area contributed by atoms with Crippen molar-refractivity contribution in [2.24, 2.45) is 5.92 Å². The molecule has 0 bridgehead atoms. The van der Waals surface area contributed by atoms with E-state index in [0.29, 0.717) is 38.3 Å². The summed E-state index contributed by atoms with van der Waals surface area (Å²) in [5.41, 5.74) is 4.34. The summed E-state index contributed by atoms with van der Waals surface area (Å²) in [4.78, 5) is 41.3. The maximum Gasteiger partial charge on any atom is 0.416 e. The van der Waals surface area contributed by atoms with Gasteiger partial charge in [-0.15, -0.1) is 0 Å². The largest absolute Gasteiger partial charge is 0.416 e. The van der Waals surface area contributed by atoms with Gasteiger partial charge in [-0.05, 0) is 65.1 Å². The molecule has 1 aliphatic rings. The van der Waals surface area contributed by atoms with Crippen molar-refractivity contribution in [3.05, 3.63) is 161 Å². The van der Waals surface area contributed by atoms with Gasteiger partial charge in [-0.3, -0.25) is 24.5 Å². The van der Waals surface area contributed by atoms with Gasteiger partial charge in [0.05, 0.1) is 17.2 Å². The van der Waals surface area contributed by atoms with Crippen LogP contribution in [0.2, 0.25) is 0 Å². The molecule has 0 unspecified atom stereocenters. The summed E-state index contributed by atoms with van der Waals surface area (Å²) in [5, 5.41) is 2.98. The highest BCUT2D eigenvalue weighted by Crippen LogP contribution is 2.30. The molecule has 1 aliphatic heterocycles. The molecular formula is C41H38F3N5O2. The summed E-state index contributed by atoms with van der Waals surface area (Å²) < 4.78 is 40.2. The zero-order valence-electron chi connectivity index (χ0n) is 28.0. The zero-order valence-corrected chi connectivity index (χ0v) is 28.0. The van der Waals surface area contributed by atoms with Crippen molar-refractivity contribution in [1.29, 1.82) is 0 Å². The van der Waals surface area contributed by atoms with Crippen LogP contribution in [0.25, 0.3) is 17.3 Å². The third-order valence-electron chi connectivity index (χ3n) is 8.96. The Bertz CT molecular complexity index is 1910. The third kappa shape index (κ3) is 9.55. The third-order valence-corrected chi connectivity index (χ3v) is 8.96. The SMILES string of the molecule is O=C(NCc1ccc(-c2ccccn2)cc1)C(=Cc1ccc(C(F)(F)F)cc1)[C@H](Cc1ccccc1)C(=O)N1CCN(Cc2cccnc2)CC1. The number of alkyl halides is 3. The van der Waals surface area contributed by atoms with E-state index in [-0.39, 0.29) is 24.4 Å². The lowest BCUT2D eigenvalue weighted by atomic mass is 9.88. The smallest absolute Gasteiger partial charge is 0.348 e. The van der Waals surface area contributed by atoms with Crippen molar-refractivity contribution in [3.63, 3.8) is 0 Å². The van der Waals surface area contributed by atoms with Crippen LogP contribution in [0.3, 0.4) is 0 Å². The van der Waals surface area contributed by atoms with E-state index in [2.05, 4.69) is 20.2 Å². The van der Waals surface area contributed by atoms with Gasteiger partial charge in [0.1, 0.15) is 0 Å². The topological polar surface area (TPSA) is 78.4 Å². The lowest BCUT2D eigenvalue weighted by molar-refractivity contribution is -0.138. The minimum absolute atomic E-state index is 0.185. The molecule has 0 spiro atoms. The first-order valence-electron chi connectivity index (χ1n) is 16.8. The van der Waals surface area contributed by atoms with Gasteiger partial charge in [-0.25, -0.2) is 0 Å². The van der Waals surface area contributed by atoms with E-state index in [4.69, 9.17) is 0 Å². The first-order valence-corrected chi connectivity index (χ1v) is 16.8. The number of carbonyl (C=O) groups is 2. The highest BCUT2D eigenvalue weighted by molar-refractivity contribution is 6.04. The van der Waals surface area contributed by atoms with Crippen LogP contribution in [0.15, 0.2) is 133 Å². The molecule has 260 valence electrons. The molecule has 2 amide bonds. The van der Waals surface area contributed by atoms with E-state index >= 15 is 0 Å². The van der Waals surface area contributed by atoms with Crippen LogP contribution >= 0.6 is 0 Å². The second-order valence-electron chi connectivity index (χ2n) is 12.5. The van der Waals surface area contributed by atoms with E-state index in [1.165, 1.54) is 12.1 Å². The normalized spacial score (nSPS) is 14.6. The maximum atomic E-state index is 14.5. The molecular weight excluding hydrogens is 651 g/mol. The number of halogens is 3. The Balaban J connectivity index is 1.26. The van der Waals surface area contributed by atoms with E-state index in [0.717, 1.165) is 40.1 Å². The average molecular weight is 690 g/mol. The van der Waals surface area contributed by atoms with Crippen molar-refractivity contribution in [2.75, 3.05) is 26.2 Å². The molecule has 5 aromatic rings. The second kappa shape index (κ2) is 16.4. The number of pyridine rings is 2. The van der Waals surface area contributed by atoms with Crippen LogP contribution in [-0.2, 0) is 35.3 Å².